The van der Waals surface area contributed by atoms with Crippen molar-refractivity contribution in [1.29, 1.82) is 0 Å². The predicted octanol–water partition coefficient (Wildman–Crippen LogP) is 2.00. The lowest BCUT2D eigenvalue weighted by Crippen LogP contribution is -2.26. The van der Waals surface area contributed by atoms with Crippen molar-refractivity contribution in [3.8, 4) is 5.75 Å². The highest BCUT2D eigenvalue weighted by atomic mass is 16.7. The Labute approximate surface area is 83.5 Å². The van der Waals surface area contributed by atoms with E-state index in [1.54, 1.807) is 7.11 Å². The molecular formula is C11H13NO2. The average molecular weight is 191 g/mol. The van der Waals surface area contributed by atoms with Crippen LogP contribution >= 0.6 is 0 Å². The summed E-state index contributed by atoms with van der Waals surface area (Å²) in [6, 6.07) is 7.82. The molecule has 0 amide bonds. The van der Waals surface area contributed by atoms with Crippen molar-refractivity contribution in [1.82, 2.24) is 0 Å². The minimum atomic E-state index is 0.645. The molecule has 0 atom stereocenters. The van der Waals surface area contributed by atoms with Crippen molar-refractivity contribution in [3.05, 3.63) is 36.4 Å². The van der Waals surface area contributed by atoms with Gasteiger partial charge in [0.25, 0.3) is 0 Å². The Morgan fingerprint density at radius 3 is 2.57 bits per heavy atom. The maximum Gasteiger partial charge on any atom is 0.119 e. The zero-order valence-electron chi connectivity index (χ0n) is 8.14. The van der Waals surface area contributed by atoms with Gasteiger partial charge in [-0.05, 0) is 24.3 Å². The van der Waals surface area contributed by atoms with Gasteiger partial charge in [-0.2, -0.15) is 0 Å². The molecule has 1 aliphatic rings. The molecule has 0 radical (unpaired) electrons. The zero-order chi connectivity index (χ0) is 9.80. The van der Waals surface area contributed by atoms with E-state index in [4.69, 9.17) is 9.57 Å². The number of rotatable bonds is 2. The summed E-state index contributed by atoms with van der Waals surface area (Å²) in [6.07, 6.45) is 4.10. The molecule has 3 nitrogen and oxygen atoms in total. The Balaban J connectivity index is 2.12. The Bertz CT molecular complexity index is 319. The van der Waals surface area contributed by atoms with Gasteiger partial charge in [-0.25, -0.2) is 0 Å². The predicted molar refractivity (Wildman–Crippen MR) is 55.4 cm³/mol. The molecule has 1 aromatic rings. The molecule has 0 bridgehead atoms. The Hall–Kier alpha value is -1.48. The summed E-state index contributed by atoms with van der Waals surface area (Å²) in [5, 5.41) is 1.86. The number of hydroxylamine groups is 1. The standard InChI is InChI=1S/C11H13NO2/c1-13-11-6-4-10(5-7-11)12-8-2-3-9-14-12/h2-7H,8-9H2,1H3. The first-order chi connectivity index (χ1) is 6.90. The van der Waals surface area contributed by atoms with Crippen LogP contribution in [0.15, 0.2) is 36.4 Å². The average Bonchev–Trinajstić information content (AvgIpc) is 2.30. The van der Waals surface area contributed by atoms with E-state index in [1.807, 2.05) is 35.4 Å². The maximum atomic E-state index is 5.44. The number of nitrogens with zero attached hydrogens (tertiary/aromatic N) is 1. The van der Waals surface area contributed by atoms with E-state index in [1.165, 1.54) is 0 Å². The van der Waals surface area contributed by atoms with E-state index in [0.29, 0.717) is 6.61 Å². The van der Waals surface area contributed by atoms with Crippen LogP contribution < -0.4 is 9.80 Å². The number of methoxy groups -OCH3 is 1. The molecule has 1 heterocycles. The molecule has 74 valence electrons. The van der Waals surface area contributed by atoms with E-state index in [-0.39, 0.29) is 0 Å². The number of anilines is 1. The van der Waals surface area contributed by atoms with Gasteiger partial charge in [-0.15, -0.1) is 0 Å². The van der Waals surface area contributed by atoms with Crippen LogP contribution in [0, 0.1) is 0 Å². The summed E-state index contributed by atoms with van der Waals surface area (Å²) in [4.78, 5) is 5.44. The fraction of sp³-hybridized carbons (Fsp3) is 0.273. The summed E-state index contributed by atoms with van der Waals surface area (Å²) >= 11 is 0. The number of hydrogen-bond donors (Lipinski definition) is 0. The number of benzene rings is 1. The highest BCUT2D eigenvalue weighted by Gasteiger charge is 2.07. The summed E-state index contributed by atoms with van der Waals surface area (Å²) in [7, 11) is 1.66. The maximum absolute atomic E-state index is 5.44. The van der Waals surface area contributed by atoms with E-state index in [2.05, 4.69) is 6.08 Å². The van der Waals surface area contributed by atoms with E-state index >= 15 is 0 Å². The molecule has 14 heavy (non-hydrogen) atoms. The minimum Gasteiger partial charge on any atom is -0.497 e. The van der Waals surface area contributed by atoms with Crippen LogP contribution in [-0.4, -0.2) is 20.3 Å². The number of ether oxygens (including phenoxy) is 1. The zero-order valence-corrected chi connectivity index (χ0v) is 8.14. The molecule has 0 saturated heterocycles. The molecule has 0 saturated carbocycles. The van der Waals surface area contributed by atoms with Crippen LogP contribution in [-0.2, 0) is 4.84 Å². The second-order valence-corrected chi connectivity index (χ2v) is 3.03. The van der Waals surface area contributed by atoms with Gasteiger partial charge in [-0.1, -0.05) is 12.2 Å². The molecule has 3 heteroatoms. The molecular weight excluding hydrogens is 178 g/mol. The van der Waals surface area contributed by atoms with Gasteiger partial charge in [0.1, 0.15) is 5.75 Å². The van der Waals surface area contributed by atoms with Crippen molar-refractivity contribution < 1.29 is 9.57 Å². The third kappa shape index (κ3) is 1.88. The summed E-state index contributed by atoms with van der Waals surface area (Å²) in [6.45, 7) is 1.44. The molecule has 0 fully saturated rings. The first-order valence-corrected chi connectivity index (χ1v) is 4.59. The van der Waals surface area contributed by atoms with Crippen molar-refractivity contribution in [3.63, 3.8) is 0 Å². The van der Waals surface area contributed by atoms with Crippen LogP contribution in [0.5, 0.6) is 5.75 Å². The Morgan fingerprint density at radius 1 is 1.21 bits per heavy atom. The Kier molecular flexibility index (Phi) is 2.70. The second-order valence-electron chi connectivity index (χ2n) is 3.03. The van der Waals surface area contributed by atoms with Crippen LogP contribution in [0.4, 0.5) is 5.69 Å². The SMILES string of the molecule is COc1ccc(N2CC=CCO2)cc1. The molecule has 1 aliphatic heterocycles. The quantitative estimate of drug-likeness (QED) is 0.667. The smallest absolute Gasteiger partial charge is 0.119 e. The topological polar surface area (TPSA) is 21.7 Å². The lowest BCUT2D eigenvalue weighted by molar-refractivity contribution is 0.132. The fourth-order valence-electron chi connectivity index (χ4n) is 1.35. The van der Waals surface area contributed by atoms with E-state index < -0.39 is 0 Å². The van der Waals surface area contributed by atoms with Crippen molar-refractivity contribution in [2.75, 3.05) is 25.3 Å². The third-order valence-corrected chi connectivity index (χ3v) is 2.12. The highest BCUT2D eigenvalue weighted by Crippen LogP contribution is 2.20. The summed E-state index contributed by atoms with van der Waals surface area (Å²) < 4.78 is 5.08. The fourth-order valence-corrected chi connectivity index (χ4v) is 1.35. The number of hydrogen-bond acceptors (Lipinski definition) is 3. The van der Waals surface area contributed by atoms with Crippen LogP contribution in [0.3, 0.4) is 0 Å². The lowest BCUT2D eigenvalue weighted by Gasteiger charge is -2.24. The van der Waals surface area contributed by atoms with Crippen molar-refractivity contribution in [2.45, 2.75) is 0 Å². The summed E-state index contributed by atoms with van der Waals surface area (Å²) in [5.74, 6) is 0.862. The monoisotopic (exact) mass is 191 g/mol. The second kappa shape index (κ2) is 4.15. The van der Waals surface area contributed by atoms with Crippen LogP contribution in [0.25, 0.3) is 0 Å². The third-order valence-electron chi connectivity index (χ3n) is 2.12. The molecule has 0 unspecified atom stereocenters. The first kappa shape index (κ1) is 9.09. The minimum absolute atomic E-state index is 0.645. The molecule has 2 rings (SSSR count). The molecule has 0 aliphatic carbocycles. The van der Waals surface area contributed by atoms with Gasteiger partial charge in [0, 0.05) is 0 Å². The normalized spacial score (nSPS) is 15.6. The lowest BCUT2D eigenvalue weighted by atomic mass is 10.3. The van der Waals surface area contributed by atoms with Gasteiger partial charge in [0.15, 0.2) is 0 Å². The Morgan fingerprint density at radius 2 is 2.00 bits per heavy atom. The molecule has 1 aromatic carbocycles. The van der Waals surface area contributed by atoms with E-state index in [0.717, 1.165) is 18.0 Å². The van der Waals surface area contributed by atoms with Gasteiger partial charge in [-0.3, -0.25) is 9.90 Å². The van der Waals surface area contributed by atoms with Crippen LogP contribution in [0.1, 0.15) is 0 Å². The highest BCUT2D eigenvalue weighted by molar-refractivity contribution is 5.47. The molecule has 0 aromatic heterocycles. The van der Waals surface area contributed by atoms with Crippen LogP contribution in [0.2, 0.25) is 0 Å². The van der Waals surface area contributed by atoms with E-state index in [9.17, 15) is 0 Å². The van der Waals surface area contributed by atoms with Gasteiger partial charge >= 0.3 is 0 Å². The van der Waals surface area contributed by atoms with Crippen molar-refractivity contribution in [2.24, 2.45) is 0 Å². The summed E-state index contributed by atoms with van der Waals surface area (Å²) in [5.41, 5.74) is 1.05. The van der Waals surface area contributed by atoms with Gasteiger partial charge < -0.3 is 4.74 Å². The largest absolute Gasteiger partial charge is 0.497 e. The first-order valence-electron chi connectivity index (χ1n) is 4.59. The molecule has 0 N–H and O–H groups in total. The molecule has 0 spiro atoms. The van der Waals surface area contributed by atoms with Gasteiger partial charge in [0.2, 0.25) is 0 Å². The van der Waals surface area contributed by atoms with Gasteiger partial charge in [0.05, 0.1) is 25.9 Å². The van der Waals surface area contributed by atoms with Crippen molar-refractivity contribution >= 4 is 5.69 Å².